The molecule has 3 heteroatoms. The van der Waals surface area contributed by atoms with Crippen LogP contribution < -0.4 is 5.32 Å². The second-order valence-electron chi connectivity index (χ2n) is 4.52. The highest BCUT2D eigenvalue weighted by molar-refractivity contribution is 7.99. The van der Waals surface area contributed by atoms with E-state index in [9.17, 15) is 0 Å². The van der Waals surface area contributed by atoms with Crippen LogP contribution in [0.2, 0.25) is 0 Å². The van der Waals surface area contributed by atoms with E-state index >= 15 is 0 Å². The van der Waals surface area contributed by atoms with Gasteiger partial charge in [0.2, 0.25) is 0 Å². The van der Waals surface area contributed by atoms with Gasteiger partial charge in [-0.05, 0) is 44.1 Å². The molecule has 2 atom stereocenters. The highest BCUT2D eigenvalue weighted by Crippen LogP contribution is 2.28. The summed E-state index contributed by atoms with van der Waals surface area (Å²) in [6.45, 7) is 3.04. The summed E-state index contributed by atoms with van der Waals surface area (Å²) in [6.07, 6.45) is 8.09. The molecule has 2 unspecified atom stereocenters. The molecule has 1 N–H and O–H groups in total. The largest absolute Gasteiger partial charge is 0.308 e. The summed E-state index contributed by atoms with van der Waals surface area (Å²) in [4.78, 5) is 4.41. The van der Waals surface area contributed by atoms with Gasteiger partial charge in [-0.15, -0.1) is 0 Å². The van der Waals surface area contributed by atoms with E-state index < -0.39 is 0 Å². The predicted octanol–water partition coefficient (Wildman–Crippen LogP) is 2.76. The maximum Gasteiger partial charge on any atom is 0.0570 e. The summed E-state index contributed by atoms with van der Waals surface area (Å²) in [6, 6.07) is 4.82. The minimum absolute atomic E-state index is 0.693. The second-order valence-corrected chi connectivity index (χ2v) is 5.65. The van der Waals surface area contributed by atoms with Crippen LogP contribution in [0.15, 0.2) is 18.3 Å². The molecule has 0 aliphatic heterocycles. The standard InChI is InChI=1S/C13H20N2S/c1-10-4-3-7-14-13(10)9-15-11-5-6-12(8-11)16-2/h3-4,7,11-12,15H,5-6,8-9H2,1-2H3. The normalized spacial score (nSPS) is 24.9. The van der Waals surface area contributed by atoms with Crippen molar-refractivity contribution in [1.82, 2.24) is 10.3 Å². The van der Waals surface area contributed by atoms with Gasteiger partial charge in [0.15, 0.2) is 0 Å². The number of rotatable bonds is 4. The number of nitrogens with one attached hydrogen (secondary N) is 1. The number of pyridine rings is 1. The fraction of sp³-hybridized carbons (Fsp3) is 0.615. The Bertz CT molecular complexity index is 340. The van der Waals surface area contributed by atoms with Crippen molar-refractivity contribution in [3.05, 3.63) is 29.6 Å². The Morgan fingerprint density at radius 2 is 2.38 bits per heavy atom. The Balaban J connectivity index is 1.82. The third-order valence-corrected chi connectivity index (χ3v) is 4.49. The van der Waals surface area contributed by atoms with Gasteiger partial charge >= 0.3 is 0 Å². The first-order valence-corrected chi connectivity index (χ1v) is 7.25. The molecule has 0 spiro atoms. The quantitative estimate of drug-likeness (QED) is 0.870. The van der Waals surface area contributed by atoms with Gasteiger partial charge in [0.25, 0.3) is 0 Å². The molecule has 2 rings (SSSR count). The Morgan fingerprint density at radius 3 is 3.06 bits per heavy atom. The highest BCUT2D eigenvalue weighted by atomic mass is 32.2. The molecular weight excluding hydrogens is 216 g/mol. The zero-order chi connectivity index (χ0) is 11.4. The molecule has 16 heavy (non-hydrogen) atoms. The molecular formula is C13H20N2S. The smallest absolute Gasteiger partial charge is 0.0570 e. The van der Waals surface area contributed by atoms with E-state index in [1.807, 2.05) is 24.0 Å². The lowest BCUT2D eigenvalue weighted by Gasteiger charge is -2.13. The molecule has 0 bridgehead atoms. The fourth-order valence-electron chi connectivity index (χ4n) is 2.28. The van der Waals surface area contributed by atoms with Crippen LogP contribution in [0.25, 0.3) is 0 Å². The van der Waals surface area contributed by atoms with E-state index in [0.29, 0.717) is 6.04 Å². The van der Waals surface area contributed by atoms with Crippen LogP contribution in [0.5, 0.6) is 0 Å². The van der Waals surface area contributed by atoms with Crippen molar-refractivity contribution in [2.24, 2.45) is 0 Å². The summed E-state index contributed by atoms with van der Waals surface area (Å²) in [5, 5.41) is 4.49. The van der Waals surface area contributed by atoms with Crippen LogP contribution in [0.3, 0.4) is 0 Å². The number of hydrogen-bond donors (Lipinski definition) is 1. The Hall–Kier alpha value is -0.540. The third-order valence-electron chi connectivity index (χ3n) is 3.39. The molecule has 0 radical (unpaired) electrons. The minimum Gasteiger partial charge on any atom is -0.308 e. The average molecular weight is 236 g/mol. The molecule has 1 aromatic heterocycles. The van der Waals surface area contributed by atoms with E-state index in [4.69, 9.17) is 0 Å². The van der Waals surface area contributed by atoms with Gasteiger partial charge < -0.3 is 5.32 Å². The van der Waals surface area contributed by atoms with Crippen molar-refractivity contribution < 1.29 is 0 Å². The van der Waals surface area contributed by atoms with E-state index in [2.05, 4.69) is 29.5 Å². The van der Waals surface area contributed by atoms with Gasteiger partial charge in [-0.1, -0.05) is 6.07 Å². The number of nitrogens with zero attached hydrogens (tertiary/aromatic N) is 1. The maximum absolute atomic E-state index is 4.41. The molecule has 0 aromatic carbocycles. The van der Waals surface area contributed by atoms with Crippen LogP contribution in [-0.4, -0.2) is 22.5 Å². The van der Waals surface area contributed by atoms with E-state index in [0.717, 1.165) is 11.8 Å². The van der Waals surface area contributed by atoms with Crippen LogP contribution >= 0.6 is 11.8 Å². The summed E-state index contributed by atoms with van der Waals surface area (Å²) in [5.41, 5.74) is 2.48. The molecule has 0 saturated heterocycles. The lowest BCUT2D eigenvalue weighted by molar-refractivity contribution is 0.519. The summed E-state index contributed by atoms with van der Waals surface area (Å²) in [5.74, 6) is 0. The van der Waals surface area contributed by atoms with Crippen molar-refractivity contribution in [2.75, 3.05) is 6.26 Å². The van der Waals surface area contributed by atoms with E-state index in [1.165, 1.54) is 30.5 Å². The topological polar surface area (TPSA) is 24.9 Å². The van der Waals surface area contributed by atoms with Crippen molar-refractivity contribution in [3.63, 3.8) is 0 Å². The first kappa shape index (κ1) is 11.9. The molecule has 1 saturated carbocycles. The van der Waals surface area contributed by atoms with Gasteiger partial charge in [0.05, 0.1) is 5.69 Å². The molecule has 88 valence electrons. The van der Waals surface area contributed by atoms with Crippen molar-refractivity contribution in [3.8, 4) is 0 Å². The summed E-state index contributed by atoms with van der Waals surface area (Å²) < 4.78 is 0. The van der Waals surface area contributed by atoms with Gasteiger partial charge in [-0.2, -0.15) is 11.8 Å². The fourth-order valence-corrected chi connectivity index (χ4v) is 3.08. The lowest BCUT2D eigenvalue weighted by atomic mass is 10.2. The third kappa shape index (κ3) is 2.98. The van der Waals surface area contributed by atoms with Gasteiger partial charge in [-0.3, -0.25) is 4.98 Å². The Labute approximate surface area is 102 Å². The molecule has 1 aromatic rings. The molecule has 1 heterocycles. The SMILES string of the molecule is CSC1CCC(NCc2ncccc2C)C1. The summed E-state index contributed by atoms with van der Waals surface area (Å²) >= 11 is 2.01. The summed E-state index contributed by atoms with van der Waals surface area (Å²) in [7, 11) is 0. The van der Waals surface area contributed by atoms with Gasteiger partial charge in [-0.25, -0.2) is 0 Å². The average Bonchev–Trinajstić information content (AvgIpc) is 2.76. The van der Waals surface area contributed by atoms with E-state index in [1.54, 1.807) is 0 Å². The van der Waals surface area contributed by atoms with Crippen LogP contribution in [0.4, 0.5) is 0 Å². The van der Waals surface area contributed by atoms with Crippen molar-refractivity contribution in [2.45, 2.75) is 44.0 Å². The number of hydrogen-bond acceptors (Lipinski definition) is 3. The maximum atomic E-state index is 4.41. The zero-order valence-electron chi connectivity index (χ0n) is 10.1. The Kier molecular flexibility index (Phi) is 4.24. The Morgan fingerprint density at radius 1 is 1.50 bits per heavy atom. The highest BCUT2D eigenvalue weighted by Gasteiger charge is 2.23. The van der Waals surface area contributed by atoms with Crippen molar-refractivity contribution in [1.29, 1.82) is 0 Å². The van der Waals surface area contributed by atoms with Crippen LogP contribution in [0, 0.1) is 6.92 Å². The van der Waals surface area contributed by atoms with Crippen LogP contribution in [-0.2, 0) is 6.54 Å². The number of thioether (sulfide) groups is 1. The number of aryl methyl sites for hydroxylation is 1. The lowest BCUT2D eigenvalue weighted by Crippen LogP contribution is -2.26. The first-order valence-electron chi connectivity index (χ1n) is 5.96. The van der Waals surface area contributed by atoms with E-state index in [-0.39, 0.29) is 0 Å². The molecule has 1 fully saturated rings. The predicted molar refractivity (Wildman–Crippen MR) is 70.8 cm³/mol. The molecule has 1 aliphatic carbocycles. The van der Waals surface area contributed by atoms with Crippen LogP contribution in [0.1, 0.15) is 30.5 Å². The van der Waals surface area contributed by atoms with Gasteiger partial charge in [0.1, 0.15) is 0 Å². The number of aromatic nitrogens is 1. The van der Waals surface area contributed by atoms with Gasteiger partial charge in [0, 0.05) is 24.0 Å². The molecule has 1 aliphatic rings. The first-order chi connectivity index (χ1) is 7.79. The van der Waals surface area contributed by atoms with Crippen molar-refractivity contribution >= 4 is 11.8 Å². The molecule has 2 nitrogen and oxygen atoms in total. The molecule has 0 amide bonds. The monoisotopic (exact) mass is 236 g/mol. The minimum atomic E-state index is 0.693. The second kappa shape index (κ2) is 5.69. The zero-order valence-corrected chi connectivity index (χ0v) is 10.9.